The minimum absolute atomic E-state index is 0.428. The van der Waals surface area contributed by atoms with Gasteiger partial charge in [-0.3, -0.25) is 0 Å². The summed E-state index contributed by atoms with van der Waals surface area (Å²) < 4.78 is 14.9. The molecule has 2 N–H and O–H groups in total. The van der Waals surface area contributed by atoms with Gasteiger partial charge in [-0.25, -0.2) is 0 Å². The maximum atomic E-state index is 10.0. The van der Waals surface area contributed by atoms with Crippen LogP contribution in [0.3, 0.4) is 0 Å². The molecule has 0 aliphatic rings. The highest BCUT2D eigenvalue weighted by Crippen LogP contribution is 2.42. The number of rotatable bonds is 3. The lowest BCUT2D eigenvalue weighted by Crippen LogP contribution is -2.30. The van der Waals surface area contributed by atoms with E-state index in [1.165, 1.54) is 0 Å². The smallest absolute Gasteiger partial charge is 0.456 e. The summed E-state index contributed by atoms with van der Waals surface area (Å²) >= 11 is 0. The molecule has 6 heteroatoms. The highest BCUT2D eigenvalue weighted by atomic mass is 16.4. The molecule has 0 atom stereocenters. The van der Waals surface area contributed by atoms with Crippen molar-refractivity contribution in [2.75, 3.05) is 0 Å². The van der Waals surface area contributed by atoms with Crippen LogP contribution in [-0.2, 0) is 0 Å². The van der Waals surface area contributed by atoms with Crippen molar-refractivity contribution in [3.63, 3.8) is 0 Å². The predicted molar refractivity (Wildman–Crippen MR) is 171 cm³/mol. The van der Waals surface area contributed by atoms with Gasteiger partial charge in [-0.1, -0.05) is 60.7 Å². The van der Waals surface area contributed by atoms with Gasteiger partial charge in [-0.2, -0.15) is 0 Å². The third-order valence-corrected chi connectivity index (χ3v) is 8.43. The fraction of sp³-hybridized carbons (Fsp3) is 0. The molecule has 0 saturated carbocycles. The Bertz CT molecular complexity index is 2500. The van der Waals surface area contributed by atoms with E-state index >= 15 is 0 Å². The molecule has 42 heavy (non-hydrogen) atoms. The molecule has 198 valence electrons. The lowest BCUT2D eigenvalue weighted by Gasteiger charge is -2.08. The molecule has 5 nitrogen and oxygen atoms in total. The first-order chi connectivity index (χ1) is 20.7. The standard InChI is InChI=1S/C36H22BNO4/c39-37(40)28-10-6-12-33-34(28)27-20-22(14-18-32(27)41-33)21-13-16-29-26(19-21)35-30(38(29)23-7-2-1-3-8-23)17-15-25-24-9-4-5-11-31(24)42-36(25)35/h1-20,39-40H. The van der Waals surface area contributed by atoms with Gasteiger partial charge in [0.05, 0.1) is 16.4 Å². The summed E-state index contributed by atoms with van der Waals surface area (Å²) in [5.74, 6) is 0. The second kappa shape index (κ2) is 8.60. The van der Waals surface area contributed by atoms with Gasteiger partial charge in [0.1, 0.15) is 22.3 Å². The van der Waals surface area contributed by atoms with Crippen LogP contribution in [0.5, 0.6) is 0 Å². The topological polar surface area (TPSA) is 71.7 Å². The van der Waals surface area contributed by atoms with Gasteiger partial charge in [0.25, 0.3) is 0 Å². The Labute approximate surface area is 239 Å². The first kappa shape index (κ1) is 23.4. The van der Waals surface area contributed by atoms with Crippen molar-refractivity contribution in [3.05, 3.63) is 121 Å². The van der Waals surface area contributed by atoms with E-state index in [0.29, 0.717) is 16.6 Å². The SMILES string of the molecule is OB(O)c1cccc2oc3ccc(-c4ccc5c(c4)c4c6oc7ccccc7c6ccc4n5-c4ccccc4)cc3c12. The van der Waals surface area contributed by atoms with Crippen LogP contribution in [0.25, 0.3) is 82.5 Å². The monoisotopic (exact) mass is 543 g/mol. The molecule has 6 aromatic carbocycles. The Morgan fingerprint density at radius 2 is 1.21 bits per heavy atom. The molecule has 3 aromatic heterocycles. The summed E-state index contributed by atoms with van der Waals surface area (Å²) in [6.45, 7) is 0. The second-order valence-electron chi connectivity index (χ2n) is 10.7. The first-order valence-electron chi connectivity index (χ1n) is 13.9. The van der Waals surface area contributed by atoms with E-state index in [-0.39, 0.29) is 0 Å². The van der Waals surface area contributed by atoms with E-state index in [2.05, 4.69) is 71.3 Å². The molecular formula is C36H22BNO4. The van der Waals surface area contributed by atoms with E-state index in [1.54, 1.807) is 12.1 Å². The summed E-state index contributed by atoms with van der Waals surface area (Å²) in [4.78, 5) is 0. The Hall–Kier alpha value is -5.30. The molecule has 0 fully saturated rings. The van der Waals surface area contributed by atoms with Crippen molar-refractivity contribution in [1.29, 1.82) is 0 Å². The zero-order chi connectivity index (χ0) is 27.9. The van der Waals surface area contributed by atoms with Gasteiger partial charge in [-0.15, -0.1) is 0 Å². The number of benzene rings is 6. The lowest BCUT2D eigenvalue weighted by atomic mass is 9.77. The summed E-state index contributed by atoms with van der Waals surface area (Å²) in [6, 6.07) is 40.9. The van der Waals surface area contributed by atoms with Crippen LogP contribution in [0.1, 0.15) is 0 Å². The van der Waals surface area contributed by atoms with E-state index in [9.17, 15) is 10.0 Å². The highest BCUT2D eigenvalue weighted by molar-refractivity contribution is 6.62. The van der Waals surface area contributed by atoms with E-state index in [4.69, 9.17) is 8.83 Å². The fourth-order valence-electron chi connectivity index (χ4n) is 6.57. The molecule has 0 amide bonds. The van der Waals surface area contributed by atoms with Gasteiger partial charge in [0, 0.05) is 32.6 Å². The molecule has 0 radical (unpaired) electrons. The molecule has 0 saturated heterocycles. The zero-order valence-electron chi connectivity index (χ0n) is 22.3. The number of furan rings is 2. The Kier molecular flexibility index (Phi) is 4.80. The van der Waals surface area contributed by atoms with Crippen LogP contribution in [0.15, 0.2) is 130 Å². The maximum absolute atomic E-state index is 10.0. The van der Waals surface area contributed by atoms with E-state index in [1.807, 2.05) is 42.5 Å². The largest absolute Gasteiger partial charge is 0.489 e. The second-order valence-corrected chi connectivity index (χ2v) is 10.7. The summed E-state index contributed by atoms with van der Waals surface area (Å²) in [6.07, 6.45) is 0. The third kappa shape index (κ3) is 3.22. The van der Waals surface area contributed by atoms with Crippen LogP contribution in [0.2, 0.25) is 0 Å². The fourth-order valence-corrected chi connectivity index (χ4v) is 6.57. The molecule has 9 aromatic rings. The molecule has 0 unspecified atom stereocenters. The minimum Gasteiger partial charge on any atom is -0.456 e. The quantitative estimate of drug-likeness (QED) is 0.222. The lowest BCUT2D eigenvalue weighted by molar-refractivity contribution is 0.426. The van der Waals surface area contributed by atoms with E-state index in [0.717, 1.165) is 71.3 Å². The van der Waals surface area contributed by atoms with Crippen LogP contribution in [0, 0.1) is 0 Å². The Morgan fingerprint density at radius 1 is 0.500 bits per heavy atom. The molecule has 0 aliphatic carbocycles. The van der Waals surface area contributed by atoms with Crippen molar-refractivity contribution in [1.82, 2.24) is 4.57 Å². The first-order valence-corrected chi connectivity index (χ1v) is 13.9. The maximum Gasteiger partial charge on any atom is 0.489 e. The summed E-state index contributed by atoms with van der Waals surface area (Å²) in [7, 11) is -1.59. The zero-order valence-corrected chi connectivity index (χ0v) is 22.3. The number of nitrogens with zero attached hydrogens (tertiary/aromatic N) is 1. The predicted octanol–water partition coefficient (Wildman–Crippen LogP) is 7.93. The molecular weight excluding hydrogens is 521 g/mol. The average molecular weight is 543 g/mol. The van der Waals surface area contributed by atoms with Crippen molar-refractivity contribution in [3.8, 4) is 16.8 Å². The molecule has 0 aliphatic heterocycles. The van der Waals surface area contributed by atoms with Crippen LogP contribution >= 0.6 is 0 Å². The number of para-hydroxylation sites is 2. The Balaban J connectivity index is 1.36. The third-order valence-electron chi connectivity index (χ3n) is 8.43. The molecule has 3 heterocycles. The summed E-state index contributed by atoms with van der Waals surface area (Å²) in [5.41, 5.74) is 8.81. The van der Waals surface area contributed by atoms with Gasteiger partial charge >= 0.3 is 7.12 Å². The molecule has 0 spiro atoms. The van der Waals surface area contributed by atoms with Crippen molar-refractivity contribution < 1.29 is 18.9 Å². The number of hydrogen-bond donors (Lipinski definition) is 2. The molecule has 9 rings (SSSR count). The Morgan fingerprint density at radius 3 is 2.07 bits per heavy atom. The normalized spacial score (nSPS) is 12.0. The molecule has 0 bridgehead atoms. The van der Waals surface area contributed by atoms with Crippen molar-refractivity contribution in [2.45, 2.75) is 0 Å². The number of fused-ring (bicyclic) bond motifs is 10. The van der Waals surface area contributed by atoms with Crippen LogP contribution in [0.4, 0.5) is 0 Å². The van der Waals surface area contributed by atoms with Crippen LogP contribution < -0.4 is 5.46 Å². The number of aromatic nitrogens is 1. The van der Waals surface area contributed by atoms with Gasteiger partial charge in [0.2, 0.25) is 0 Å². The number of hydrogen-bond acceptors (Lipinski definition) is 4. The van der Waals surface area contributed by atoms with Gasteiger partial charge in [0.15, 0.2) is 0 Å². The average Bonchev–Trinajstić information content (AvgIpc) is 3.69. The van der Waals surface area contributed by atoms with Crippen molar-refractivity contribution >= 4 is 78.3 Å². The van der Waals surface area contributed by atoms with Gasteiger partial charge in [-0.05, 0) is 77.3 Å². The van der Waals surface area contributed by atoms with Crippen LogP contribution in [-0.4, -0.2) is 21.7 Å². The van der Waals surface area contributed by atoms with Gasteiger partial charge < -0.3 is 23.4 Å². The summed E-state index contributed by atoms with van der Waals surface area (Å²) in [5, 5.41) is 26.0. The van der Waals surface area contributed by atoms with Crippen molar-refractivity contribution in [2.24, 2.45) is 0 Å². The van der Waals surface area contributed by atoms with E-state index < -0.39 is 7.12 Å². The minimum atomic E-state index is -1.59. The highest BCUT2D eigenvalue weighted by Gasteiger charge is 2.21.